The van der Waals surface area contributed by atoms with Crippen LogP contribution in [0.4, 0.5) is 15.9 Å². The van der Waals surface area contributed by atoms with Gasteiger partial charge in [-0.15, -0.1) is 0 Å². The second kappa shape index (κ2) is 7.87. The standard InChI is InChI=1S/C17H15ClFN5O/c18-11-1-2-14(19)13(9-11)16-22-10-15(25-8-5-20)17(24-16)23-12-3-6-21-7-4-12/h1-4,6-7,9-10H,5,8,20H2,(H,21,22,23,24). The molecular weight excluding hydrogens is 345 g/mol. The highest BCUT2D eigenvalue weighted by atomic mass is 35.5. The average Bonchev–Trinajstić information content (AvgIpc) is 2.63. The van der Waals surface area contributed by atoms with Gasteiger partial charge in [-0.25, -0.2) is 14.4 Å². The molecule has 0 bridgehead atoms. The smallest absolute Gasteiger partial charge is 0.180 e. The van der Waals surface area contributed by atoms with Crippen molar-refractivity contribution in [3.05, 3.63) is 59.8 Å². The Balaban J connectivity index is 2.01. The zero-order valence-electron chi connectivity index (χ0n) is 13.1. The highest BCUT2D eigenvalue weighted by Gasteiger charge is 2.14. The summed E-state index contributed by atoms with van der Waals surface area (Å²) >= 11 is 5.95. The number of nitrogens with zero attached hydrogens (tertiary/aromatic N) is 3. The van der Waals surface area contributed by atoms with Crippen LogP contribution < -0.4 is 15.8 Å². The third kappa shape index (κ3) is 4.20. The topological polar surface area (TPSA) is 86.0 Å². The zero-order valence-corrected chi connectivity index (χ0v) is 13.9. The number of aromatic nitrogens is 3. The van der Waals surface area contributed by atoms with Crippen LogP contribution in [0.1, 0.15) is 0 Å². The van der Waals surface area contributed by atoms with Gasteiger partial charge in [0, 0.05) is 29.6 Å². The van der Waals surface area contributed by atoms with Crippen molar-refractivity contribution in [3.63, 3.8) is 0 Å². The van der Waals surface area contributed by atoms with Gasteiger partial charge in [0.1, 0.15) is 12.4 Å². The Morgan fingerprint density at radius 1 is 1.20 bits per heavy atom. The maximum atomic E-state index is 14.1. The molecule has 8 heteroatoms. The van der Waals surface area contributed by atoms with Crippen molar-refractivity contribution < 1.29 is 9.13 Å². The summed E-state index contributed by atoms with van der Waals surface area (Å²) < 4.78 is 19.7. The van der Waals surface area contributed by atoms with E-state index in [1.54, 1.807) is 24.5 Å². The first-order chi connectivity index (χ1) is 12.2. The molecule has 0 aliphatic rings. The van der Waals surface area contributed by atoms with Crippen LogP contribution in [-0.4, -0.2) is 28.1 Å². The molecule has 2 aromatic heterocycles. The van der Waals surface area contributed by atoms with Gasteiger partial charge in [0.15, 0.2) is 17.4 Å². The van der Waals surface area contributed by atoms with E-state index in [0.29, 0.717) is 29.7 Å². The predicted octanol–water partition coefficient (Wildman–Crippen LogP) is 3.41. The minimum atomic E-state index is -0.463. The fourth-order valence-electron chi connectivity index (χ4n) is 2.11. The lowest BCUT2D eigenvalue weighted by Crippen LogP contribution is -2.12. The molecule has 6 nitrogen and oxygen atoms in total. The van der Waals surface area contributed by atoms with Gasteiger partial charge in [0.05, 0.1) is 11.8 Å². The fraction of sp³-hybridized carbons (Fsp3) is 0.118. The van der Waals surface area contributed by atoms with Crippen LogP contribution in [0, 0.1) is 5.82 Å². The summed E-state index contributed by atoms with van der Waals surface area (Å²) in [6, 6.07) is 7.76. The summed E-state index contributed by atoms with van der Waals surface area (Å²) in [6.07, 6.45) is 4.75. The Kier molecular flexibility index (Phi) is 5.37. The zero-order chi connectivity index (χ0) is 17.6. The molecule has 25 heavy (non-hydrogen) atoms. The van der Waals surface area contributed by atoms with Crippen molar-refractivity contribution in [2.45, 2.75) is 0 Å². The summed E-state index contributed by atoms with van der Waals surface area (Å²) in [5.74, 6) is 0.531. The van der Waals surface area contributed by atoms with Crippen molar-refractivity contribution >= 4 is 23.1 Å². The van der Waals surface area contributed by atoms with E-state index in [1.165, 1.54) is 24.4 Å². The molecule has 0 aliphatic carbocycles. The molecule has 0 atom stereocenters. The highest BCUT2D eigenvalue weighted by molar-refractivity contribution is 6.30. The number of benzene rings is 1. The van der Waals surface area contributed by atoms with Crippen molar-refractivity contribution in [2.75, 3.05) is 18.5 Å². The molecule has 3 rings (SSSR count). The van der Waals surface area contributed by atoms with E-state index >= 15 is 0 Å². The lowest BCUT2D eigenvalue weighted by molar-refractivity contribution is 0.327. The van der Waals surface area contributed by atoms with E-state index in [4.69, 9.17) is 22.1 Å². The van der Waals surface area contributed by atoms with Gasteiger partial charge in [-0.3, -0.25) is 4.98 Å². The quantitative estimate of drug-likeness (QED) is 0.701. The number of pyridine rings is 1. The first-order valence-electron chi connectivity index (χ1n) is 7.50. The number of hydrogen-bond donors (Lipinski definition) is 2. The Labute approximate surface area is 148 Å². The second-order valence-electron chi connectivity index (χ2n) is 5.03. The van der Waals surface area contributed by atoms with Gasteiger partial charge in [-0.1, -0.05) is 11.6 Å². The Morgan fingerprint density at radius 2 is 2.00 bits per heavy atom. The van der Waals surface area contributed by atoms with E-state index in [-0.39, 0.29) is 11.4 Å². The summed E-state index contributed by atoms with van der Waals surface area (Å²) in [7, 11) is 0. The maximum Gasteiger partial charge on any atom is 0.180 e. The Hall–Kier alpha value is -2.77. The van der Waals surface area contributed by atoms with Crippen LogP contribution in [0.5, 0.6) is 5.75 Å². The summed E-state index contributed by atoms with van der Waals surface area (Å²) in [4.78, 5) is 12.5. The van der Waals surface area contributed by atoms with Crippen LogP contribution >= 0.6 is 11.6 Å². The lowest BCUT2D eigenvalue weighted by atomic mass is 10.2. The third-order valence-corrected chi connectivity index (χ3v) is 3.48. The number of rotatable bonds is 6. The number of hydrogen-bond acceptors (Lipinski definition) is 6. The van der Waals surface area contributed by atoms with Crippen LogP contribution in [0.15, 0.2) is 48.9 Å². The molecule has 2 heterocycles. The molecule has 0 amide bonds. The second-order valence-corrected chi connectivity index (χ2v) is 5.47. The molecule has 0 aliphatic heterocycles. The number of halogens is 2. The van der Waals surface area contributed by atoms with Gasteiger partial charge >= 0.3 is 0 Å². The molecule has 3 aromatic rings. The highest BCUT2D eigenvalue weighted by Crippen LogP contribution is 2.29. The van der Waals surface area contributed by atoms with Gasteiger partial charge in [0.25, 0.3) is 0 Å². The van der Waals surface area contributed by atoms with Gasteiger partial charge in [-0.05, 0) is 30.3 Å². The van der Waals surface area contributed by atoms with E-state index in [9.17, 15) is 4.39 Å². The van der Waals surface area contributed by atoms with Crippen molar-refractivity contribution in [1.82, 2.24) is 15.0 Å². The summed E-state index contributed by atoms with van der Waals surface area (Å²) in [5.41, 5.74) is 6.44. The van der Waals surface area contributed by atoms with Gasteiger partial charge in [-0.2, -0.15) is 0 Å². The molecule has 0 radical (unpaired) electrons. The van der Waals surface area contributed by atoms with Crippen molar-refractivity contribution in [2.24, 2.45) is 5.73 Å². The minimum absolute atomic E-state index is 0.191. The Morgan fingerprint density at radius 3 is 2.76 bits per heavy atom. The first kappa shape index (κ1) is 17.1. The number of nitrogens with two attached hydrogens (primary N) is 1. The molecule has 0 saturated heterocycles. The lowest BCUT2D eigenvalue weighted by Gasteiger charge is -2.13. The molecule has 3 N–H and O–H groups in total. The average molecular weight is 360 g/mol. The minimum Gasteiger partial charge on any atom is -0.487 e. The molecule has 0 unspecified atom stereocenters. The predicted molar refractivity (Wildman–Crippen MR) is 94.5 cm³/mol. The first-order valence-corrected chi connectivity index (χ1v) is 7.87. The monoisotopic (exact) mass is 359 g/mol. The maximum absolute atomic E-state index is 14.1. The van der Waals surface area contributed by atoms with Crippen molar-refractivity contribution in [1.29, 1.82) is 0 Å². The van der Waals surface area contributed by atoms with Crippen LogP contribution in [0.25, 0.3) is 11.4 Å². The molecular formula is C17H15ClFN5O. The van der Waals surface area contributed by atoms with Crippen LogP contribution in [0.3, 0.4) is 0 Å². The van der Waals surface area contributed by atoms with E-state index < -0.39 is 5.82 Å². The normalized spacial score (nSPS) is 10.5. The summed E-state index contributed by atoms with van der Waals surface area (Å²) in [5, 5.41) is 3.51. The SMILES string of the molecule is NCCOc1cnc(-c2cc(Cl)ccc2F)nc1Nc1ccncc1. The molecule has 1 aromatic carbocycles. The van der Waals surface area contributed by atoms with Gasteiger partial charge < -0.3 is 15.8 Å². The number of anilines is 2. The fourth-order valence-corrected chi connectivity index (χ4v) is 2.28. The van der Waals surface area contributed by atoms with Crippen molar-refractivity contribution in [3.8, 4) is 17.1 Å². The number of nitrogens with one attached hydrogen (secondary N) is 1. The van der Waals surface area contributed by atoms with E-state index in [0.717, 1.165) is 5.69 Å². The van der Waals surface area contributed by atoms with Gasteiger partial charge in [0.2, 0.25) is 0 Å². The molecule has 0 saturated carbocycles. The molecule has 128 valence electrons. The number of ether oxygens (including phenoxy) is 1. The van der Waals surface area contributed by atoms with Crippen LogP contribution in [0.2, 0.25) is 5.02 Å². The third-order valence-electron chi connectivity index (χ3n) is 3.24. The molecule has 0 fully saturated rings. The Bertz CT molecular complexity index is 863. The molecule has 0 spiro atoms. The van der Waals surface area contributed by atoms with E-state index in [2.05, 4.69) is 20.3 Å². The largest absolute Gasteiger partial charge is 0.487 e. The summed E-state index contributed by atoms with van der Waals surface area (Å²) in [6.45, 7) is 0.651. The van der Waals surface area contributed by atoms with Crippen LogP contribution in [-0.2, 0) is 0 Å². The van der Waals surface area contributed by atoms with E-state index in [1.807, 2.05) is 0 Å².